The van der Waals surface area contributed by atoms with Gasteiger partial charge in [0.15, 0.2) is 0 Å². The second-order valence-electron chi connectivity index (χ2n) is 2.88. The average Bonchev–Trinajstić information content (AvgIpc) is 2.47. The number of carboxylic acid groups (broad SMARTS) is 1. The van der Waals surface area contributed by atoms with Gasteiger partial charge in [0.05, 0.1) is 5.69 Å². The summed E-state index contributed by atoms with van der Waals surface area (Å²) in [6.07, 6.45) is 1.14. The minimum Gasteiger partial charge on any atom is -0.477 e. The Labute approximate surface area is 91.6 Å². The van der Waals surface area contributed by atoms with Crippen LogP contribution in [0.15, 0.2) is 0 Å². The van der Waals surface area contributed by atoms with Gasteiger partial charge in [-0.2, -0.15) is 11.8 Å². The highest BCUT2D eigenvalue weighted by Crippen LogP contribution is 2.22. The number of aromatic nitrogens is 1. The molecule has 0 saturated heterocycles. The van der Waals surface area contributed by atoms with Crippen molar-refractivity contribution >= 4 is 29.1 Å². The molecule has 0 radical (unpaired) electrons. The van der Waals surface area contributed by atoms with E-state index in [9.17, 15) is 4.79 Å². The molecule has 14 heavy (non-hydrogen) atoms. The zero-order valence-corrected chi connectivity index (χ0v) is 9.87. The van der Waals surface area contributed by atoms with Crippen LogP contribution in [0.1, 0.15) is 33.7 Å². The lowest BCUT2D eigenvalue weighted by Gasteiger charge is -1.93. The predicted octanol–water partition coefficient (Wildman–Crippen LogP) is 2.79. The zero-order chi connectivity index (χ0) is 10.6. The maximum Gasteiger partial charge on any atom is 0.347 e. The van der Waals surface area contributed by atoms with Crippen molar-refractivity contribution in [3.63, 3.8) is 0 Å². The van der Waals surface area contributed by atoms with Gasteiger partial charge in [0.1, 0.15) is 9.88 Å². The fraction of sp³-hybridized carbons (Fsp3) is 0.556. The van der Waals surface area contributed by atoms with Crippen LogP contribution in [-0.4, -0.2) is 21.8 Å². The lowest BCUT2D eigenvalue weighted by Crippen LogP contribution is -1.94. The third kappa shape index (κ3) is 2.99. The number of hydrogen-bond acceptors (Lipinski definition) is 4. The van der Waals surface area contributed by atoms with Crippen LogP contribution in [-0.2, 0) is 5.75 Å². The molecule has 0 aliphatic carbocycles. The van der Waals surface area contributed by atoms with Crippen LogP contribution in [0.4, 0.5) is 0 Å². The van der Waals surface area contributed by atoms with E-state index in [1.165, 1.54) is 11.3 Å². The zero-order valence-electron chi connectivity index (χ0n) is 8.24. The van der Waals surface area contributed by atoms with E-state index in [0.29, 0.717) is 10.6 Å². The smallest absolute Gasteiger partial charge is 0.347 e. The lowest BCUT2D eigenvalue weighted by molar-refractivity contribution is 0.0701. The molecular formula is C9H13NO2S2. The summed E-state index contributed by atoms with van der Waals surface area (Å²) in [4.78, 5) is 15.3. The van der Waals surface area contributed by atoms with E-state index in [1.54, 1.807) is 18.7 Å². The van der Waals surface area contributed by atoms with E-state index in [1.807, 2.05) is 0 Å². The number of carboxylic acids is 1. The second kappa shape index (κ2) is 5.36. The molecule has 5 heteroatoms. The highest BCUT2D eigenvalue weighted by Gasteiger charge is 2.13. The average molecular weight is 231 g/mol. The van der Waals surface area contributed by atoms with E-state index in [-0.39, 0.29) is 0 Å². The van der Waals surface area contributed by atoms with Gasteiger partial charge in [-0.3, -0.25) is 0 Å². The van der Waals surface area contributed by atoms with E-state index < -0.39 is 5.97 Å². The van der Waals surface area contributed by atoms with Gasteiger partial charge in [-0.25, -0.2) is 9.78 Å². The Morgan fingerprint density at radius 2 is 2.36 bits per heavy atom. The van der Waals surface area contributed by atoms with Crippen molar-refractivity contribution in [2.45, 2.75) is 26.0 Å². The number of aryl methyl sites for hydroxylation is 1. The van der Waals surface area contributed by atoms with E-state index >= 15 is 0 Å². The lowest BCUT2D eigenvalue weighted by atomic mass is 10.4. The fourth-order valence-corrected chi connectivity index (χ4v) is 2.87. The molecule has 3 nitrogen and oxygen atoms in total. The molecule has 0 amide bonds. The first kappa shape index (κ1) is 11.5. The molecule has 0 atom stereocenters. The molecule has 1 aromatic rings. The van der Waals surface area contributed by atoms with Gasteiger partial charge in [0.2, 0.25) is 0 Å². The Hall–Kier alpha value is -0.550. The van der Waals surface area contributed by atoms with Crippen LogP contribution in [0.25, 0.3) is 0 Å². The summed E-state index contributed by atoms with van der Waals surface area (Å²) in [5.74, 6) is 1.06. The van der Waals surface area contributed by atoms with Crippen LogP contribution >= 0.6 is 23.1 Å². The summed E-state index contributed by atoms with van der Waals surface area (Å²) < 4.78 is 0. The molecule has 78 valence electrons. The molecule has 0 spiro atoms. The van der Waals surface area contributed by atoms with Crippen molar-refractivity contribution in [2.75, 3.05) is 5.75 Å². The summed E-state index contributed by atoms with van der Waals surface area (Å²) in [5, 5.41) is 9.73. The number of nitrogens with zero attached hydrogens (tertiary/aromatic N) is 1. The normalized spacial score (nSPS) is 10.4. The SMILES string of the molecule is CCCSCc1nc(C)c(C(=O)O)s1. The maximum absolute atomic E-state index is 10.7. The van der Waals surface area contributed by atoms with Crippen molar-refractivity contribution in [2.24, 2.45) is 0 Å². The van der Waals surface area contributed by atoms with Crippen LogP contribution < -0.4 is 0 Å². The van der Waals surface area contributed by atoms with Crippen LogP contribution in [0.3, 0.4) is 0 Å². The summed E-state index contributed by atoms with van der Waals surface area (Å²) in [6, 6.07) is 0. The molecule has 0 unspecified atom stereocenters. The molecule has 0 aliphatic rings. The number of thiazole rings is 1. The van der Waals surface area contributed by atoms with Crippen molar-refractivity contribution < 1.29 is 9.90 Å². The van der Waals surface area contributed by atoms with Gasteiger partial charge in [-0.1, -0.05) is 6.92 Å². The first-order chi connectivity index (χ1) is 6.65. The van der Waals surface area contributed by atoms with Crippen LogP contribution in [0.5, 0.6) is 0 Å². The third-order valence-electron chi connectivity index (χ3n) is 1.61. The first-order valence-corrected chi connectivity index (χ1v) is 6.39. The van der Waals surface area contributed by atoms with Gasteiger partial charge in [0.25, 0.3) is 0 Å². The number of thioether (sulfide) groups is 1. The summed E-state index contributed by atoms with van der Waals surface area (Å²) in [6.45, 7) is 3.87. The maximum atomic E-state index is 10.7. The van der Waals surface area contributed by atoms with Crippen molar-refractivity contribution in [3.8, 4) is 0 Å². The van der Waals surface area contributed by atoms with E-state index in [4.69, 9.17) is 5.11 Å². The predicted molar refractivity (Wildman–Crippen MR) is 60.3 cm³/mol. The molecule has 1 N–H and O–H groups in total. The third-order valence-corrected chi connectivity index (χ3v) is 4.11. The highest BCUT2D eigenvalue weighted by molar-refractivity contribution is 7.98. The number of carbonyl (C=O) groups is 1. The monoisotopic (exact) mass is 231 g/mol. The number of aromatic carboxylic acids is 1. The van der Waals surface area contributed by atoms with Gasteiger partial charge in [0, 0.05) is 5.75 Å². The van der Waals surface area contributed by atoms with E-state index in [0.717, 1.165) is 22.9 Å². The molecule has 0 fully saturated rings. The van der Waals surface area contributed by atoms with Gasteiger partial charge in [-0.15, -0.1) is 11.3 Å². The minimum absolute atomic E-state index is 0.372. The standard InChI is InChI=1S/C9H13NO2S2/c1-3-4-13-5-7-10-6(2)8(14-7)9(11)12/h3-5H2,1-2H3,(H,11,12). The largest absolute Gasteiger partial charge is 0.477 e. The topological polar surface area (TPSA) is 50.2 Å². The van der Waals surface area contributed by atoms with Gasteiger partial charge >= 0.3 is 5.97 Å². The second-order valence-corrected chi connectivity index (χ2v) is 5.07. The number of hydrogen-bond donors (Lipinski definition) is 1. The summed E-state index contributed by atoms with van der Waals surface area (Å²) >= 11 is 3.08. The molecule has 1 aromatic heterocycles. The van der Waals surface area contributed by atoms with Crippen molar-refractivity contribution in [3.05, 3.63) is 15.6 Å². The van der Waals surface area contributed by atoms with Gasteiger partial charge < -0.3 is 5.11 Å². The quantitative estimate of drug-likeness (QED) is 0.792. The minimum atomic E-state index is -0.869. The van der Waals surface area contributed by atoms with E-state index in [2.05, 4.69) is 11.9 Å². The summed E-state index contributed by atoms with van der Waals surface area (Å²) in [7, 11) is 0. The molecule has 0 aliphatic heterocycles. The van der Waals surface area contributed by atoms with Crippen molar-refractivity contribution in [1.29, 1.82) is 0 Å². The molecule has 0 bridgehead atoms. The Morgan fingerprint density at radius 3 is 2.86 bits per heavy atom. The van der Waals surface area contributed by atoms with Crippen LogP contribution in [0, 0.1) is 6.92 Å². The Balaban J connectivity index is 2.62. The molecule has 0 aromatic carbocycles. The van der Waals surface area contributed by atoms with Gasteiger partial charge in [-0.05, 0) is 19.1 Å². The Kier molecular flexibility index (Phi) is 4.41. The first-order valence-electron chi connectivity index (χ1n) is 4.42. The fourth-order valence-electron chi connectivity index (χ4n) is 1.02. The number of rotatable bonds is 5. The summed E-state index contributed by atoms with van der Waals surface area (Å²) in [5.41, 5.74) is 0.634. The highest BCUT2D eigenvalue weighted by atomic mass is 32.2. The molecule has 1 heterocycles. The molecular weight excluding hydrogens is 218 g/mol. The Bertz CT molecular complexity index is 323. The van der Waals surface area contributed by atoms with Crippen molar-refractivity contribution in [1.82, 2.24) is 4.98 Å². The van der Waals surface area contributed by atoms with Crippen LogP contribution in [0.2, 0.25) is 0 Å². The Morgan fingerprint density at radius 1 is 1.64 bits per heavy atom. The molecule has 0 saturated carbocycles. The molecule has 1 rings (SSSR count).